The van der Waals surface area contributed by atoms with Gasteiger partial charge in [-0.1, -0.05) is 109 Å². The Labute approximate surface area is 247 Å². The Morgan fingerprint density at radius 1 is 0.442 bits per heavy atom. The van der Waals surface area contributed by atoms with Gasteiger partial charge in [0.05, 0.1) is 16.7 Å². The molecular formula is C40H24N2O. The van der Waals surface area contributed by atoms with E-state index in [1.54, 1.807) is 0 Å². The van der Waals surface area contributed by atoms with Gasteiger partial charge in [0.25, 0.3) is 0 Å². The average molecular weight is 549 g/mol. The molecule has 0 N–H and O–H groups in total. The van der Waals surface area contributed by atoms with E-state index in [0.717, 1.165) is 66.0 Å². The molecule has 0 unspecified atom stereocenters. The zero-order valence-electron chi connectivity index (χ0n) is 23.2. The Bertz CT molecular complexity index is 2490. The minimum Gasteiger partial charge on any atom is -0.455 e. The molecule has 0 aliphatic rings. The summed E-state index contributed by atoms with van der Waals surface area (Å²) >= 11 is 0. The van der Waals surface area contributed by atoms with Crippen LogP contribution in [0.4, 0.5) is 0 Å². The third-order valence-corrected chi connectivity index (χ3v) is 8.51. The van der Waals surface area contributed by atoms with Crippen LogP contribution in [0.3, 0.4) is 0 Å². The average Bonchev–Trinajstić information content (AvgIpc) is 3.46. The molecule has 0 fully saturated rings. The Morgan fingerprint density at radius 3 is 2.02 bits per heavy atom. The van der Waals surface area contributed by atoms with Gasteiger partial charge in [0, 0.05) is 38.7 Å². The van der Waals surface area contributed by atoms with E-state index in [9.17, 15) is 0 Å². The fourth-order valence-electron chi connectivity index (χ4n) is 6.35. The minimum absolute atomic E-state index is 0.900. The van der Waals surface area contributed by atoms with Gasteiger partial charge in [0.1, 0.15) is 11.2 Å². The molecule has 0 saturated carbocycles. The fraction of sp³-hybridized carbons (Fsp3) is 0. The molecule has 0 saturated heterocycles. The topological polar surface area (TPSA) is 38.9 Å². The van der Waals surface area contributed by atoms with Crippen LogP contribution in [-0.4, -0.2) is 9.97 Å². The first-order valence-corrected chi connectivity index (χ1v) is 14.5. The van der Waals surface area contributed by atoms with E-state index >= 15 is 0 Å². The predicted octanol–water partition coefficient (Wildman–Crippen LogP) is 10.8. The van der Waals surface area contributed by atoms with Crippen molar-refractivity contribution in [3.8, 4) is 33.5 Å². The molecule has 43 heavy (non-hydrogen) atoms. The zero-order valence-corrected chi connectivity index (χ0v) is 23.2. The lowest BCUT2D eigenvalue weighted by Crippen LogP contribution is -1.89. The van der Waals surface area contributed by atoms with Crippen LogP contribution in [0.25, 0.3) is 88.0 Å². The highest BCUT2D eigenvalue weighted by Gasteiger charge is 2.16. The number of pyridine rings is 2. The summed E-state index contributed by atoms with van der Waals surface area (Å²) in [7, 11) is 0. The summed E-state index contributed by atoms with van der Waals surface area (Å²) in [6.45, 7) is 0. The van der Waals surface area contributed by atoms with Gasteiger partial charge in [-0.25, -0.2) is 4.98 Å². The molecule has 3 heteroatoms. The first kappa shape index (κ1) is 23.9. The molecule has 0 atom stereocenters. The molecule has 9 aromatic rings. The first-order valence-electron chi connectivity index (χ1n) is 14.5. The Kier molecular flexibility index (Phi) is 5.20. The second-order valence-electron chi connectivity index (χ2n) is 11.0. The van der Waals surface area contributed by atoms with Crippen molar-refractivity contribution in [1.29, 1.82) is 0 Å². The Balaban J connectivity index is 1.19. The van der Waals surface area contributed by atoms with Crippen molar-refractivity contribution in [3.63, 3.8) is 0 Å². The summed E-state index contributed by atoms with van der Waals surface area (Å²) in [4.78, 5) is 9.67. The van der Waals surface area contributed by atoms with Crippen LogP contribution in [0.15, 0.2) is 150 Å². The molecule has 0 amide bonds. The van der Waals surface area contributed by atoms with Gasteiger partial charge in [0.15, 0.2) is 0 Å². The third-order valence-electron chi connectivity index (χ3n) is 8.51. The van der Waals surface area contributed by atoms with Gasteiger partial charge in [-0.3, -0.25) is 4.98 Å². The van der Waals surface area contributed by atoms with E-state index in [4.69, 9.17) is 9.40 Å². The number of hydrogen-bond donors (Lipinski definition) is 0. The third kappa shape index (κ3) is 3.83. The van der Waals surface area contributed by atoms with Crippen molar-refractivity contribution < 1.29 is 4.42 Å². The van der Waals surface area contributed by atoms with E-state index in [1.807, 2.05) is 18.3 Å². The van der Waals surface area contributed by atoms with Gasteiger partial charge in [0.2, 0.25) is 0 Å². The summed E-state index contributed by atoms with van der Waals surface area (Å²) in [5.74, 6) is 0. The number of hydrogen-bond acceptors (Lipinski definition) is 3. The maximum absolute atomic E-state index is 6.48. The second-order valence-corrected chi connectivity index (χ2v) is 11.0. The summed E-state index contributed by atoms with van der Waals surface area (Å²) in [5.41, 5.74) is 10.4. The quantitative estimate of drug-likeness (QED) is 0.206. The van der Waals surface area contributed by atoms with Crippen LogP contribution >= 0.6 is 0 Å². The van der Waals surface area contributed by atoms with Gasteiger partial charge >= 0.3 is 0 Å². The first-order chi connectivity index (χ1) is 21.3. The number of rotatable bonds is 3. The maximum atomic E-state index is 6.48. The number of aromatic nitrogens is 2. The van der Waals surface area contributed by atoms with Crippen LogP contribution in [0.2, 0.25) is 0 Å². The van der Waals surface area contributed by atoms with Crippen LogP contribution in [0.5, 0.6) is 0 Å². The molecular weight excluding hydrogens is 524 g/mol. The largest absolute Gasteiger partial charge is 0.455 e. The molecule has 3 aromatic heterocycles. The van der Waals surface area contributed by atoms with Gasteiger partial charge in [-0.15, -0.1) is 0 Å². The smallest absolute Gasteiger partial charge is 0.143 e. The van der Waals surface area contributed by atoms with Crippen molar-refractivity contribution in [3.05, 3.63) is 146 Å². The standard InChI is InChI=1S/C40H24N2O/c1-2-7-25(8-3-1)30-19-21-37-34(23-30)35-24-33(31-10-4-5-11-32(31)40(35)43-37)26-12-14-27(15-13-26)36-20-18-29-17-16-28-9-6-22-41-38(28)39(29)42-36/h1-24H. The zero-order chi connectivity index (χ0) is 28.3. The number of furan rings is 1. The Morgan fingerprint density at radius 2 is 1.16 bits per heavy atom. The summed E-state index contributed by atoms with van der Waals surface area (Å²) in [6.07, 6.45) is 1.83. The highest BCUT2D eigenvalue weighted by Crippen LogP contribution is 2.41. The number of fused-ring (bicyclic) bond motifs is 8. The summed E-state index contributed by atoms with van der Waals surface area (Å²) in [5, 5.41) is 6.73. The van der Waals surface area contributed by atoms with Gasteiger partial charge in [-0.05, 0) is 58.0 Å². The number of nitrogens with zero attached hydrogens (tertiary/aromatic N) is 2. The summed E-state index contributed by atoms with van der Waals surface area (Å²) < 4.78 is 6.48. The highest BCUT2D eigenvalue weighted by molar-refractivity contribution is 6.19. The normalized spacial score (nSPS) is 11.7. The molecule has 3 heterocycles. The van der Waals surface area contributed by atoms with Crippen molar-refractivity contribution in [2.75, 3.05) is 0 Å². The minimum atomic E-state index is 0.900. The second kappa shape index (κ2) is 9.37. The molecule has 0 aliphatic heterocycles. The fourth-order valence-corrected chi connectivity index (χ4v) is 6.35. The highest BCUT2D eigenvalue weighted by atomic mass is 16.3. The lowest BCUT2D eigenvalue weighted by Gasteiger charge is -2.10. The lowest BCUT2D eigenvalue weighted by atomic mass is 9.94. The van der Waals surface area contributed by atoms with Crippen molar-refractivity contribution in [2.24, 2.45) is 0 Å². The van der Waals surface area contributed by atoms with E-state index in [-0.39, 0.29) is 0 Å². The van der Waals surface area contributed by atoms with Crippen molar-refractivity contribution in [2.45, 2.75) is 0 Å². The summed E-state index contributed by atoms with van der Waals surface area (Å²) in [6, 6.07) is 49.0. The van der Waals surface area contributed by atoms with E-state index < -0.39 is 0 Å². The molecule has 200 valence electrons. The SMILES string of the molecule is c1ccc(-c2ccc3oc4c5ccccc5c(-c5ccc(-c6ccc7ccc8cccnc8c7n6)cc5)cc4c3c2)cc1. The maximum Gasteiger partial charge on any atom is 0.143 e. The monoisotopic (exact) mass is 548 g/mol. The van der Waals surface area contributed by atoms with Crippen LogP contribution in [-0.2, 0) is 0 Å². The molecule has 0 radical (unpaired) electrons. The lowest BCUT2D eigenvalue weighted by molar-refractivity contribution is 0.673. The van der Waals surface area contributed by atoms with E-state index in [1.165, 1.54) is 22.1 Å². The molecule has 6 aromatic carbocycles. The van der Waals surface area contributed by atoms with E-state index in [0.29, 0.717) is 0 Å². The van der Waals surface area contributed by atoms with Crippen LogP contribution < -0.4 is 0 Å². The molecule has 0 aliphatic carbocycles. The van der Waals surface area contributed by atoms with Crippen LogP contribution in [0, 0.1) is 0 Å². The van der Waals surface area contributed by atoms with Crippen LogP contribution in [0.1, 0.15) is 0 Å². The van der Waals surface area contributed by atoms with Gasteiger partial charge in [-0.2, -0.15) is 0 Å². The number of benzene rings is 6. The predicted molar refractivity (Wildman–Crippen MR) is 178 cm³/mol. The van der Waals surface area contributed by atoms with E-state index in [2.05, 4.69) is 132 Å². The van der Waals surface area contributed by atoms with Crippen molar-refractivity contribution in [1.82, 2.24) is 9.97 Å². The van der Waals surface area contributed by atoms with Gasteiger partial charge < -0.3 is 4.42 Å². The Hall–Kier alpha value is -5.80. The van der Waals surface area contributed by atoms with Crippen molar-refractivity contribution >= 4 is 54.5 Å². The molecule has 0 bridgehead atoms. The molecule has 9 rings (SSSR count). The molecule has 3 nitrogen and oxygen atoms in total. The molecule has 0 spiro atoms.